The molecule has 1 aliphatic heterocycles. The molecule has 0 radical (unpaired) electrons. The minimum atomic E-state index is -0.351. The Morgan fingerprint density at radius 2 is 1.94 bits per heavy atom. The van der Waals surface area contributed by atoms with Gasteiger partial charge in [0.2, 0.25) is 0 Å². The second-order valence-corrected chi connectivity index (χ2v) is 9.19. The Kier molecular flexibility index (Phi) is 8.08. The molecule has 2 fully saturated rings. The molecule has 1 saturated heterocycles. The highest BCUT2D eigenvalue weighted by molar-refractivity contribution is 6.42. The van der Waals surface area contributed by atoms with Gasteiger partial charge in [-0.05, 0) is 36.5 Å². The van der Waals surface area contributed by atoms with Crippen molar-refractivity contribution >= 4 is 35.1 Å². The number of amides is 3. The van der Waals surface area contributed by atoms with Crippen LogP contribution in [0.25, 0.3) is 0 Å². The lowest BCUT2D eigenvalue weighted by Gasteiger charge is -2.33. The molecule has 2 heterocycles. The maximum absolute atomic E-state index is 12.2. The molecule has 2 aromatic rings. The van der Waals surface area contributed by atoms with Crippen LogP contribution < -0.4 is 16.0 Å². The number of benzene rings is 1. The highest BCUT2D eigenvalue weighted by Gasteiger charge is 2.23. The van der Waals surface area contributed by atoms with Crippen LogP contribution in [0.2, 0.25) is 10.0 Å². The molecular weight excluding hydrogens is 469 g/mol. The maximum atomic E-state index is 12.2. The maximum Gasteiger partial charge on any atom is 0.315 e. The van der Waals surface area contributed by atoms with Gasteiger partial charge in [-0.1, -0.05) is 34.4 Å². The van der Waals surface area contributed by atoms with E-state index in [0.717, 1.165) is 31.5 Å². The summed E-state index contributed by atoms with van der Waals surface area (Å²) in [6.07, 6.45) is 2.19. The number of hydrogen-bond donors (Lipinski definition) is 3. The molecule has 1 atom stereocenters. The Morgan fingerprint density at radius 3 is 2.73 bits per heavy atom. The Morgan fingerprint density at radius 1 is 1.09 bits per heavy atom. The molecule has 1 aromatic carbocycles. The van der Waals surface area contributed by atoms with Gasteiger partial charge in [0, 0.05) is 38.8 Å². The third-order valence-electron chi connectivity index (χ3n) is 5.57. The van der Waals surface area contributed by atoms with Crippen LogP contribution in [0, 0.1) is 5.92 Å². The van der Waals surface area contributed by atoms with Crippen molar-refractivity contribution in [3.8, 4) is 0 Å². The van der Waals surface area contributed by atoms with Crippen molar-refractivity contribution in [3.63, 3.8) is 0 Å². The van der Waals surface area contributed by atoms with Crippen LogP contribution in [-0.2, 0) is 17.8 Å². The van der Waals surface area contributed by atoms with Gasteiger partial charge in [0.05, 0.1) is 29.3 Å². The number of morpholine rings is 1. The fourth-order valence-electron chi connectivity index (χ4n) is 3.53. The number of urea groups is 1. The number of nitrogens with zero attached hydrogens (tertiary/aromatic N) is 2. The largest absolute Gasteiger partial charge is 0.374 e. The summed E-state index contributed by atoms with van der Waals surface area (Å²) in [5.74, 6) is 0.728. The summed E-state index contributed by atoms with van der Waals surface area (Å²) in [5, 5.41) is 13.2. The molecular formula is C22H27Cl2N5O4. The summed E-state index contributed by atoms with van der Waals surface area (Å²) in [7, 11) is 0. The van der Waals surface area contributed by atoms with Gasteiger partial charge < -0.3 is 25.2 Å². The van der Waals surface area contributed by atoms with E-state index < -0.39 is 0 Å². The van der Waals surface area contributed by atoms with E-state index in [1.807, 2.05) is 12.1 Å². The van der Waals surface area contributed by atoms with Crippen molar-refractivity contribution in [1.82, 2.24) is 26.0 Å². The summed E-state index contributed by atoms with van der Waals surface area (Å²) < 4.78 is 10.9. The van der Waals surface area contributed by atoms with E-state index in [-0.39, 0.29) is 30.3 Å². The summed E-state index contributed by atoms with van der Waals surface area (Å²) in [4.78, 5) is 26.4. The van der Waals surface area contributed by atoms with Gasteiger partial charge in [0.15, 0.2) is 11.5 Å². The molecule has 0 bridgehead atoms. The SMILES string of the molecule is O=C(NCc1cc(C(=O)NCC2CC2)no1)NC[C@H]1CN(Cc2ccc(Cl)c(Cl)c2)CCO1. The van der Waals surface area contributed by atoms with Crippen molar-refractivity contribution in [2.75, 3.05) is 32.8 Å². The third kappa shape index (κ3) is 7.33. The summed E-state index contributed by atoms with van der Waals surface area (Å²) in [6, 6.07) is 6.80. The van der Waals surface area contributed by atoms with Gasteiger partial charge in [-0.25, -0.2) is 4.79 Å². The second kappa shape index (κ2) is 11.2. The molecule has 0 spiro atoms. The van der Waals surface area contributed by atoms with Crippen molar-refractivity contribution < 1.29 is 18.8 Å². The molecule has 4 rings (SSSR count). The van der Waals surface area contributed by atoms with Crippen molar-refractivity contribution in [2.45, 2.75) is 32.0 Å². The van der Waals surface area contributed by atoms with Gasteiger partial charge in [-0.15, -0.1) is 0 Å². The van der Waals surface area contributed by atoms with Gasteiger partial charge >= 0.3 is 6.03 Å². The van der Waals surface area contributed by atoms with Crippen LogP contribution in [0.5, 0.6) is 0 Å². The average Bonchev–Trinajstić information content (AvgIpc) is 3.52. The summed E-state index contributed by atoms with van der Waals surface area (Å²) in [5.41, 5.74) is 1.29. The fraction of sp³-hybridized carbons (Fsp3) is 0.500. The van der Waals surface area contributed by atoms with Gasteiger partial charge in [-0.2, -0.15) is 0 Å². The fourth-order valence-corrected chi connectivity index (χ4v) is 3.85. The zero-order chi connectivity index (χ0) is 23.2. The van der Waals surface area contributed by atoms with Crippen LogP contribution in [0.4, 0.5) is 4.79 Å². The number of hydrogen-bond acceptors (Lipinski definition) is 6. The summed E-state index contributed by atoms with van der Waals surface area (Å²) in [6.45, 7) is 3.95. The Balaban J connectivity index is 1.15. The molecule has 3 amide bonds. The van der Waals surface area contributed by atoms with E-state index in [4.69, 9.17) is 32.5 Å². The Hall–Kier alpha value is -2.33. The first kappa shape index (κ1) is 23.8. The predicted molar refractivity (Wildman–Crippen MR) is 123 cm³/mol. The minimum absolute atomic E-state index is 0.126. The lowest BCUT2D eigenvalue weighted by molar-refractivity contribution is -0.0287. The summed E-state index contributed by atoms with van der Waals surface area (Å²) >= 11 is 12.1. The minimum Gasteiger partial charge on any atom is -0.374 e. The molecule has 11 heteroatoms. The lowest BCUT2D eigenvalue weighted by atomic mass is 10.2. The first-order chi connectivity index (χ1) is 16.0. The van der Waals surface area contributed by atoms with Gasteiger partial charge in [0.1, 0.15) is 0 Å². The van der Waals surface area contributed by atoms with Crippen LogP contribution in [-0.4, -0.2) is 60.9 Å². The average molecular weight is 496 g/mol. The molecule has 3 N–H and O–H groups in total. The zero-order valence-electron chi connectivity index (χ0n) is 18.1. The van der Waals surface area contributed by atoms with E-state index in [1.54, 1.807) is 6.07 Å². The topological polar surface area (TPSA) is 109 Å². The number of nitrogens with one attached hydrogen (secondary N) is 3. The van der Waals surface area contributed by atoms with E-state index in [1.165, 1.54) is 6.07 Å². The molecule has 2 aliphatic rings. The second-order valence-electron chi connectivity index (χ2n) is 8.37. The smallest absolute Gasteiger partial charge is 0.315 e. The lowest BCUT2D eigenvalue weighted by Crippen LogP contribution is -2.48. The first-order valence-electron chi connectivity index (χ1n) is 11.0. The van der Waals surface area contributed by atoms with E-state index in [9.17, 15) is 9.59 Å². The highest BCUT2D eigenvalue weighted by Crippen LogP contribution is 2.27. The number of aromatic nitrogens is 1. The third-order valence-corrected chi connectivity index (χ3v) is 6.31. The number of halogens is 2. The van der Waals surface area contributed by atoms with Crippen molar-refractivity contribution in [3.05, 3.63) is 51.3 Å². The predicted octanol–water partition coefficient (Wildman–Crippen LogP) is 2.82. The Labute approximate surface area is 202 Å². The zero-order valence-corrected chi connectivity index (χ0v) is 19.6. The van der Waals surface area contributed by atoms with Crippen LogP contribution in [0.3, 0.4) is 0 Å². The van der Waals surface area contributed by atoms with E-state index in [0.29, 0.717) is 48.0 Å². The first-order valence-corrected chi connectivity index (χ1v) is 11.7. The number of carbonyl (C=O) groups is 2. The van der Waals surface area contributed by atoms with Crippen molar-refractivity contribution in [1.29, 1.82) is 0 Å². The molecule has 33 heavy (non-hydrogen) atoms. The van der Waals surface area contributed by atoms with Crippen molar-refractivity contribution in [2.24, 2.45) is 5.92 Å². The molecule has 9 nitrogen and oxygen atoms in total. The van der Waals surface area contributed by atoms with Crippen LogP contribution in [0.1, 0.15) is 34.7 Å². The molecule has 1 aromatic heterocycles. The van der Waals surface area contributed by atoms with E-state index in [2.05, 4.69) is 26.0 Å². The normalized spacial score (nSPS) is 18.7. The number of carbonyl (C=O) groups excluding carboxylic acids is 2. The monoisotopic (exact) mass is 495 g/mol. The Bertz CT molecular complexity index is 981. The van der Waals surface area contributed by atoms with Gasteiger partial charge in [-0.3, -0.25) is 9.69 Å². The quantitative estimate of drug-likeness (QED) is 0.493. The highest BCUT2D eigenvalue weighted by atomic mass is 35.5. The number of ether oxygens (including phenoxy) is 1. The standard InChI is InChI=1S/C22H27Cl2N5O4/c23-18-4-3-15(7-19(18)24)12-29-5-6-32-17(13-29)11-27-22(31)26-10-16-8-20(28-33-16)21(30)25-9-14-1-2-14/h3-4,7-8,14,17H,1-2,5-6,9-13H2,(H,25,30)(H2,26,27,31)/t17-/m0/s1. The van der Waals surface area contributed by atoms with Crippen LogP contribution >= 0.6 is 23.2 Å². The molecule has 178 valence electrons. The molecule has 1 saturated carbocycles. The van der Waals surface area contributed by atoms with E-state index >= 15 is 0 Å². The van der Waals surface area contributed by atoms with Gasteiger partial charge in [0.25, 0.3) is 5.91 Å². The molecule has 1 aliphatic carbocycles. The van der Waals surface area contributed by atoms with Crippen LogP contribution in [0.15, 0.2) is 28.8 Å². The number of rotatable bonds is 9. The molecule has 0 unspecified atom stereocenters.